The summed E-state index contributed by atoms with van der Waals surface area (Å²) in [7, 11) is 0. The van der Waals surface area contributed by atoms with Crippen LogP contribution >= 0.6 is 0 Å². The normalized spacial score (nSPS) is 15.5. The van der Waals surface area contributed by atoms with Crippen LogP contribution < -0.4 is 5.43 Å². The quantitative estimate of drug-likeness (QED) is 0.477. The van der Waals surface area contributed by atoms with Gasteiger partial charge in [-0.05, 0) is 47.9 Å². The monoisotopic (exact) mass is 417 g/mol. The Morgan fingerprint density at radius 1 is 0.871 bits per heavy atom. The van der Waals surface area contributed by atoms with Crippen LogP contribution in [0, 0.1) is 11.6 Å². The fourth-order valence-corrected chi connectivity index (χ4v) is 4.11. The van der Waals surface area contributed by atoms with Crippen molar-refractivity contribution >= 4 is 16.9 Å². The third kappa shape index (κ3) is 3.30. The van der Waals surface area contributed by atoms with Crippen molar-refractivity contribution in [2.75, 3.05) is 6.54 Å². The molecule has 4 nitrogen and oxygen atoms in total. The van der Waals surface area contributed by atoms with E-state index in [-0.39, 0.29) is 22.3 Å². The summed E-state index contributed by atoms with van der Waals surface area (Å²) in [4.78, 5) is 28.1. The molecule has 1 amide bonds. The minimum atomic E-state index is -0.740. The Morgan fingerprint density at radius 3 is 2.32 bits per heavy atom. The van der Waals surface area contributed by atoms with E-state index in [1.807, 2.05) is 30.3 Å². The number of nitrogens with zero attached hydrogens (tertiary/aromatic N) is 1. The predicted octanol–water partition coefficient (Wildman–Crippen LogP) is 4.86. The molecular weight excluding hydrogens is 400 g/mol. The zero-order valence-electron chi connectivity index (χ0n) is 16.3. The highest BCUT2D eigenvalue weighted by molar-refractivity contribution is 5.99. The lowest BCUT2D eigenvalue weighted by Gasteiger charge is -2.25. The highest BCUT2D eigenvalue weighted by Gasteiger charge is 2.42. The third-order valence-corrected chi connectivity index (χ3v) is 5.60. The van der Waals surface area contributed by atoms with Gasteiger partial charge < -0.3 is 9.32 Å². The van der Waals surface area contributed by atoms with Crippen molar-refractivity contribution in [1.29, 1.82) is 0 Å². The van der Waals surface area contributed by atoms with E-state index in [0.717, 1.165) is 11.6 Å². The van der Waals surface area contributed by atoms with E-state index < -0.39 is 29.0 Å². The molecule has 0 bridgehead atoms. The number of halogens is 2. The summed E-state index contributed by atoms with van der Waals surface area (Å²) >= 11 is 0. The maximum absolute atomic E-state index is 13.8. The molecular formula is C25H17F2NO3. The highest BCUT2D eigenvalue weighted by atomic mass is 19.1. The number of amides is 1. The van der Waals surface area contributed by atoms with Gasteiger partial charge in [0.15, 0.2) is 5.43 Å². The predicted molar refractivity (Wildman–Crippen MR) is 112 cm³/mol. The number of carbonyl (C=O) groups is 1. The van der Waals surface area contributed by atoms with Gasteiger partial charge >= 0.3 is 0 Å². The molecule has 1 aliphatic rings. The number of hydrogen-bond acceptors (Lipinski definition) is 3. The molecule has 0 N–H and O–H groups in total. The van der Waals surface area contributed by atoms with Crippen molar-refractivity contribution in [3.63, 3.8) is 0 Å². The van der Waals surface area contributed by atoms with E-state index in [9.17, 15) is 18.4 Å². The number of rotatable bonds is 4. The number of carbonyl (C=O) groups excluding carboxylic acids is 1. The van der Waals surface area contributed by atoms with Crippen LogP contribution in [0.5, 0.6) is 0 Å². The summed E-state index contributed by atoms with van der Waals surface area (Å²) in [5, 5.41) is 0.0728. The summed E-state index contributed by atoms with van der Waals surface area (Å²) in [6.45, 7) is 0.333. The molecule has 0 fully saturated rings. The summed E-state index contributed by atoms with van der Waals surface area (Å²) in [6.07, 6.45) is 0.570. The molecule has 4 aromatic rings. The fourth-order valence-electron chi connectivity index (χ4n) is 4.11. The SMILES string of the molecule is O=C1c2oc3ccc(F)cc3c(=O)c2[C@@H](c2ccc(F)cc2)N1CCc1ccccc1. The molecule has 2 heterocycles. The molecule has 154 valence electrons. The van der Waals surface area contributed by atoms with Crippen LogP contribution in [0.3, 0.4) is 0 Å². The first-order chi connectivity index (χ1) is 15.0. The van der Waals surface area contributed by atoms with Gasteiger partial charge in [0.25, 0.3) is 5.91 Å². The second-order valence-corrected chi connectivity index (χ2v) is 7.50. The molecule has 1 aromatic heterocycles. The van der Waals surface area contributed by atoms with E-state index in [4.69, 9.17) is 4.42 Å². The first-order valence-electron chi connectivity index (χ1n) is 9.89. The lowest BCUT2D eigenvalue weighted by atomic mass is 9.98. The molecule has 5 rings (SSSR count). The highest BCUT2D eigenvalue weighted by Crippen LogP contribution is 2.38. The third-order valence-electron chi connectivity index (χ3n) is 5.60. The van der Waals surface area contributed by atoms with Crippen molar-refractivity contribution in [3.05, 3.63) is 117 Å². The molecule has 0 spiro atoms. The number of fused-ring (bicyclic) bond motifs is 2. The van der Waals surface area contributed by atoms with E-state index >= 15 is 0 Å². The van der Waals surface area contributed by atoms with Crippen LogP contribution in [0.1, 0.15) is 33.3 Å². The number of benzene rings is 3. The standard InChI is InChI=1S/C25H17F2NO3/c26-17-8-6-16(7-9-17)22-21-23(29)19-14-18(27)10-11-20(19)31-24(21)25(30)28(22)13-12-15-4-2-1-3-5-15/h1-11,14,22H,12-13H2/t22-/m1/s1. The van der Waals surface area contributed by atoms with Gasteiger partial charge in [-0.15, -0.1) is 0 Å². The Kier molecular flexibility index (Phi) is 4.62. The molecule has 0 aliphatic carbocycles. The number of hydrogen-bond donors (Lipinski definition) is 0. The van der Waals surface area contributed by atoms with E-state index in [2.05, 4.69) is 0 Å². The zero-order chi connectivity index (χ0) is 21.5. The first-order valence-corrected chi connectivity index (χ1v) is 9.89. The van der Waals surface area contributed by atoms with Crippen LogP contribution in [-0.2, 0) is 6.42 Å². The lowest BCUT2D eigenvalue weighted by molar-refractivity contribution is 0.0730. The van der Waals surface area contributed by atoms with Gasteiger partial charge in [-0.2, -0.15) is 0 Å². The van der Waals surface area contributed by atoms with Gasteiger partial charge in [0.2, 0.25) is 5.76 Å². The average Bonchev–Trinajstić information content (AvgIpc) is 3.06. The van der Waals surface area contributed by atoms with E-state index in [0.29, 0.717) is 18.5 Å². The smallest absolute Gasteiger partial charge is 0.290 e. The molecule has 0 saturated heterocycles. The average molecular weight is 417 g/mol. The molecule has 0 unspecified atom stereocenters. The van der Waals surface area contributed by atoms with Crippen molar-refractivity contribution < 1.29 is 18.0 Å². The van der Waals surface area contributed by atoms with E-state index in [1.165, 1.54) is 24.3 Å². The Labute approximate surface area is 176 Å². The minimum absolute atomic E-state index is 0.0495. The largest absolute Gasteiger partial charge is 0.450 e. The lowest BCUT2D eigenvalue weighted by Crippen LogP contribution is -2.31. The van der Waals surface area contributed by atoms with Crippen molar-refractivity contribution in [1.82, 2.24) is 4.90 Å². The van der Waals surface area contributed by atoms with Crippen molar-refractivity contribution in [2.45, 2.75) is 12.5 Å². The second-order valence-electron chi connectivity index (χ2n) is 7.50. The molecule has 1 aliphatic heterocycles. The maximum atomic E-state index is 13.8. The molecule has 31 heavy (non-hydrogen) atoms. The first kappa shape index (κ1) is 19.2. The Bertz CT molecular complexity index is 1350. The molecule has 1 atom stereocenters. The Balaban J connectivity index is 1.66. The summed E-state index contributed by atoms with van der Waals surface area (Å²) in [5.74, 6) is -1.45. The van der Waals surface area contributed by atoms with Crippen LogP contribution in [0.4, 0.5) is 8.78 Å². The van der Waals surface area contributed by atoms with Gasteiger partial charge in [0.1, 0.15) is 17.2 Å². The summed E-state index contributed by atoms with van der Waals surface area (Å²) in [6, 6.07) is 18.2. The molecule has 0 saturated carbocycles. The van der Waals surface area contributed by atoms with Gasteiger partial charge in [-0.3, -0.25) is 9.59 Å². The minimum Gasteiger partial charge on any atom is -0.450 e. The van der Waals surface area contributed by atoms with Gasteiger partial charge in [0.05, 0.1) is 17.0 Å². The van der Waals surface area contributed by atoms with Crippen molar-refractivity contribution in [2.24, 2.45) is 0 Å². The van der Waals surface area contributed by atoms with Gasteiger partial charge in [-0.1, -0.05) is 42.5 Å². The summed E-state index contributed by atoms with van der Waals surface area (Å²) < 4.78 is 33.1. The Hall–Kier alpha value is -3.80. The molecule has 3 aromatic carbocycles. The van der Waals surface area contributed by atoms with Crippen molar-refractivity contribution in [3.8, 4) is 0 Å². The van der Waals surface area contributed by atoms with Crippen LogP contribution in [0.25, 0.3) is 11.0 Å². The Morgan fingerprint density at radius 2 is 1.58 bits per heavy atom. The van der Waals surface area contributed by atoms with E-state index in [1.54, 1.807) is 17.0 Å². The fraction of sp³-hybridized carbons (Fsp3) is 0.120. The second kappa shape index (κ2) is 7.47. The molecule has 0 radical (unpaired) electrons. The van der Waals surface area contributed by atoms with Crippen LogP contribution in [-0.4, -0.2) is 17.4 Å². The van der Waals surface area contributed by atoms with Gasteiger partial charge in [-0.25, -0.2) is 8.78 Å². The maximum Gasteiger partial charge on any atom is 0.290 e. The van der Waals surface area contributed by atoms with Gasteiger partial charge in [0, 0.05) is 6.54 Å². The van der Waals surface area contributed by atoms with Crippen LogP contribution in [0.2, 0.25) is 0 Å². The van der Waals surface area contributed by atoms with Crippen LogP contribution in [0.15, 0.2) is 82.0 Å². The summed E-state index contributed by atoms with van der Waals surface area (Å²) in [5.41, 5.74) is 1.48. The zero-order valence-corrected chi connectivity index (χ0v) is 16.3. The molecule has 6 heteroatoms. The topological polar surface area (TPSA) is 50.5 Å².